The van der Waals surface area contributed by atoms with Gasteiger partial charge in [-0.05, 0) is 17.7 Å². The summed E-state index contributed by atoms with van der Waals surface area (Å²) in [5.41, 5.74) is 6.92. The molecule has 1 aliphatic heterocycles. The van der Waals surface area contributed by atoms with Gasteiger partial charge in [0, 0.05) is 43.8 Å². The zero-order valence-corrected chi connectivity index (χ0v) is 13.6. The number of nitrogens with zero attached hydrogens (tertiary/aromatic N) is 4. The second-order valence-corrected chi connectivity index (χ2v) is 6.12. The lowest BCUT2D eigenvalue weighted by Gasteiger charge is -2.35. The van der Waals surface area contributed by atoms with E-state index >= 15 is 0 Å². The molecule has 0 spiro atoms. The van der Waals surface area contributed by atoms with Gasteiger partial charge in [0.2, 0.25) is 5.95 Å². The monoisotopic (exact) mass is 337 g/mol. The second-order valence-electron chi connectivity index (χ2n) is 5.30. The Morgan fingerprint density at radius 2 is 1.68 bits per heavy atom. The van der Waals surface area contributed by atoms with E-state index in [0.717, 1.165) is 43.6 Å². The molecule has 7 heteroatoms. The lowest BCUT2D eigenvalue weighted by atomic mass is 10.2. The Hall–Kier alpha value is -1.56. The minimum absolute atomic E-state index is 0.214. The normalized spacial score (nSPS) is 16.0. The maximum absolute atomic E-state index is 5.94. The Balaban J connectivity index is 1.59. The van der Waals surface area contributed by atoms with E-state index in [1.807, 2.05) is 12.1 Å². The van der Waals surface area contributed by atoms with E-state index in [9.17, 15) is 0 Å². The van der Waals surface area contributed by atoms with Crippen LogP contribution in [-0.4, -0.2) is 41.0 Å². The summed E-state index contributed by atoms with van der Waals surface area (Å²) in [4.78, 5) is 12.7. The van der Waals surface area contributed by atoms with Gasteiger partial charge in [-0.25, -0.2) is 4.98 Å². The van der Waals surface area contributed by atoms with Crippen molar-refractivity contribution in [1.29, 1.82) is 0 Å². The summed E-state index contributed by atoms with van der Waals surface area (Å²) in [6, 6.07) is 9.75. The van der Waals surface area contributed by atoms with Crippen LogP contribution in [-0.2, 0) is 6.54 Å². The molecular formula is C15H17Cl2N5. The number of piperazine rings is 1. The summed E-state index contributed by atoms with van der Waals surface area (Å²) in [6.07, 6.45) is 0. The highest BCUT2D eigenvalue weighted by Crippen LogP contribution is 2.19. The predicted octanol–water partition coefficient (Wildman–Crippen LogP) is 2.69. The number of hydrogen-bond acceptors (Lipinski definition) is 5. The molecule has 1 fully saturated rings. The maximum atomic E-state index is 5.94. The van der Waals surface area contributed by atoms with E-state index in [1.165, 1.54) is 5.56 Å². The van der Waals surface area contributed by atoms with Crippen molar-refractivity contribution in [3.05, 3.63) is 46.1 Å². The van der Waals surface area contributed by atoms with Gasteiger partial charge in [0.25, 0.3) is 0 Å². The van der Waals surface area contributed by atoms with E-state index in [4.69, 9.17) is 28.9 Å². The van der Waals surface area contributed by atoms with Crippen LogP contribution in [0.4, 0.5) is 11.8 Å². The number of nitrogens with two attached hydrogens (primary N) is 1. The summed E-state index contributed by atoms with van der Waals surface area (Å²) in [7, 11) is 0. The Morgan fingerprint density at radius 1 is 1.00 bits per heavy atom. The zero-order chi connectivity index (χ0) is 15.5. The van der Waals surface area contributed by atoms with Gasteiger partial charge in [-0.3, -0.25) is 4.90 Å². The molecule has 2 aromatic rings. The van der Waals surface area contributed by atoms with Crippen LogP contribution in [0, 0.1) is 0 Å². The summed E-state index contributed by atoms with van der Waals surface area (Å²) < 4.78 is 0. The third-order valence-electron chi connectivity index (χ3n) is 3.71. The number of rotatable bonds is 3. The number of hydrogen-bond donors (Lipinski definition) is 1. The van der Waals surface area contributed by atoms with Crippen molar-refractivity contribution in [2.45, 2.75) is 6.54 Å². The molecule has 2 N–H and O–H groups in total. The minimum Gasteiger partial charge on any atom is -0.368 e. The molecule has 0 aliphatic carbocycles. The molecule has 0 radical (unpaired) electrons. The third-order valence-corrected chi connectivity index (χ3v) is 4.16. The Labute approximate surface area is 139 Å². The van der Waals surface area contributed by atoms with Crippen molar-refractivity contribution in [3.8, 4) is 0 Å². The first-order chi connectivity index (χ1) is 10.6. The molecule has 0 saturated carbocycles. The van der Waals surface area contributed by atoms with E-state index in [2.05, 4.69) is 31.9 Å². The lowest BCUT2D eigenvalue weighted by Crippen LogP contribution is -2.46. The molecule has 3 rings (SSSR count). The van der Waals surface area contributed by atoms with Crippen molar-refractivity contribution in [2.75, 3.05) is 36.8 Å². The highest BCUT2D eigenvalue weighted by Gasteiger charge is 2.19. The van der Waals surface area contributed by atoms with Crippen LogP contribution in [0.15, 0.2) is 30.3 Å². The van der Waals surface area contributed by atoms with Gasteiger partial charge < -0.3 is 10.6 Å². The summed E-state index contributed by atoms with van der Waals surface area (Å²) in [5.74, 6) is 1.01. The fraction of sp³-hybridized carbons (Fsp3) is 0.333. The molecule has 1 aromatic carbocycles. The standard InChI is InChI=1S/C15H17Cl2N5/c16-12-3-1-11(2-4-12)10-21-5-7-22(8-6-21)14-9-13(17)19-15(18)20-14/h1-4,9H,5-8,10H2,(H2,18,19,20). The van der Waals surface area contributed by atoms with Gasteiger partial charge in [0.15, 0.2) is 0 Å². The first-order valence-electron chi connectivity index (χ1n) is 7.12. The highest BCUT2D eigenvalue weighted by atomic mass is 35.5. The van der Waals surface area contributed by atoms with Gasteiger partial charge in [0.05, 0.1) is 0 Å². The van der Waals surface area contributed by atoms with Crippen molar-refractivity contribution < 1.29 is 0 Å². The molecule has 5 nitrogen and oxygen atoms in total. The summed E-state index contributed by atoms with van der Waals surface area (Å²) >= 11 is 11.9. The molecule has 0 bridgehead atoms. The number of anilines is 2. The van der Waals surface area contributed by atoms with Crippen molar-refractivity contribution in [3.63, 3.8) is 0 Å². The van der Waals surface area contributed by atoms with Crippen LogP contribution in [0.2, 0.25) is 10.2 Å². The summed E-state index contributed by atoms with van der Waals surface area (Å²) in [5, 5.41) is 1.15. The molecule has 2 heterocycles. The van der Waals surface area contributed by atoms with E-state index in [1.54, 1.807) is 6.07 Å². The first kappa shape index (κ1) is 15.3. The molecular weight excluding hydrogens is 321 g/mol. The van der Waals surface area contributed by atoms with Crippen LogP contribution in [0.25, 0.3) is 0 Å². The highest BCUT2D eigenvalue weighted by molar-refractivity contribution is 6.30. The maximum Gasteiger partial charge on any atom is 0.223 e. The molecule has 0 amide bonds. The Bertz CT molecular complexity index is 619. The smallest absolute Gasteiger partial charge is 0.223 e. The van der Waals surface area contributed by atoms with Gasteiger partial charge in [-0.1, -0.05) is 35.3 Å². The molecule has 22 heavy (non-hydrogen) atoms. The number of aromatic nitrogens is 2. The predicted molar refractivity (Wildman–Crippen MR) is 90.4 cm³/mol. The second kappa shape index (κ2) is 6.69. The number of halogens is 2. The van der Waals surface area contributed by atoms with E-state index in [-0.39, 0.29) is 5.95 Å². The first-order valence-corrected chi connectivity index (χ1v) is 7.87. The third kappa shape index (κ3) is 3.80. The average Bonchev–Trinajstić information content (AvgIpc) is 2.49. The van der Waals surface area contributed by atoms with Crippen LogP contribution >= 0.6 is 23.2 Å². The number of nitrogen functional groups attached to an aromatic ring is 1. The molecule has 0 atom stereocenters. The molecule has 1 aliphatic rings. The van der Waals surface area contributed by atoms with E-state index < -0.39 is 0 Å². The molecule has 1 aromatic heterocycles. The van der Waals surface area contributed by atoms with Crippen molar-refractivity contribution in [1.82, 2.24) is 14.9 Å². The topological polar surface area (TPSA) is 58.3 Å². The van der Waals surface area contributed by atoms with Crippen molar-refractivity contribution >= 4 is 35.0 Å². The van der Waals surface area contributed by atoms with Gasteiger partial charge in [0.1, 0.15) is 11.0 Å². The minimum atomic E-state index is 0.214. The largest absolute Gasteiger partial charge is 0.368 e. The van der Waals surface area contributed by atoms with Crippen LogP contribution in [0.3, 0.4) is 0 Å². The van der Waals surface area contributed by atoms with Gasteiger partial charge in [-0.15, -0.1) is 0 Å². The Kier molecular flexibility index (Phi) is 4.66. The summed E-state index contributed by atoms with van der Waals surface area (Å²) in [6.45, 7) is 4.63. The van der Waals surface area contributed by atoms with Gasteiger partial charge >= 0.3 is 0 Å². The molecule has 116 valence electrons. The van der Waals surface area contributed by atoms with Crippen LogP contribution in [0.1, 0.15) is 5.56 Å². The Morgan fingerprint density at radius 3 is 2.32 bits per heavy atom. The van der Waals surface area contributed by atoms with Crippen LogP contribution in [0.5, 0.6) is 0 Å². The van der Waals surface area contributed by atoms with Crippen LogP contribution < -0.4 is 10.6 Å². The quantitative estimate of drug-likeness (QED) is 0.872. The average molecular weight is 338 g/mol. The lowest BCUT2D eigenvalue weighted by molar-refractivity contribution is 0.249. The van der Waals surface area contributed by atoms with E-state index in [0.29, 0.717) is 5.15 Å². The van der Waals surface area contributed by atoms with Gasteiger partial charge in [-0.2, -0.15) is 4.98 Å². The SMILES string of the molecule is Nc1nc(Cl)cc(N2CCN(Cc3ccc(Cl)cc3)CC2)n1. The molecule has 0 unspecified atom stereocenters. The zero-order valence-electron chi connectivity index (χ0n) is 12.0. The van der Waals surface area contributed by atoms with Crippen molar-refractivity contribution in [2.24, 2.45) is 0 Å². The fourth-order valence-corrected chi connectivity index (χ4v) is 2.88. The fourth-order valence-electron chi connectivity index (χ4n) is 2.57. The number of benzene rings is 1. The molecule has 1 saturated heterocycles.